The van der Waals surface area contributed by atoms with Gasteiger partial charge in [0.1, 0.15) is 0 Å². The standard InChI is InChI=1S/C18H33N/c1-5-7-9-10-11-14-18(3,13-8-6-2)17-12-15-19(4)16-17/h12,15-16H,5-11,13-14H2,1-4H3. The molecule has 1 atom stereocenters. The van der Waals surface area contributed by atoms with Gasteiger partial charge in [-0.25, -0.2) is 0 Å². The Morgan fingerprint density at radius 1 is 0.947 bits per heavy atom. The van der Waals surface area contributed by atoms with Crippen molar-refractivity contribution >= 4 is 0 Å². The first-order chi connectivity index (χ1) is 9.12. The summed E-state index contributed by atoms with van der Waals surface area (Å²) in [5.74, 6) is 0. The average Bonchev–Trinajstić information content (AvgIpc) is 2.83. The highest BCUT2D eigenvalue weighted by molar-refractivity contribution is 5.21. The van der Waals surface area contributed by atoms with E-state index in [9.17, 15) is 0 Å². The monoisotopic (exact) mass is 263 g/mol. The Morgan fingerprint density at radius 2 is 1.58 bits per heavy atom. The van der Waals surface area contributed by atoms with Gasteiger partial charge in [-0.1, -0.05) is 65.7 Å². The van der Waals surface area contributed by atoms with Crippen molar-refractivity contribution < 1.29 is 0 Å². The van der Waals surface area contributed by atoms with E-state index in [1.165, 1.54) is 57.8 Å². The van der Waals surface area contributed by atoms with Crippen molar-refractivity contribution in [3.05, 3.63) is 24.0 Å². The molecular weight excluding hydrogens is 230 g/mol. The highest BCUT2D eigenvalue weighted by atomic mass is 14.9. The first-order valence-corrected chi connectivity index (χ1v) is 8.25. The van der Waals surface area contributed by atoms with Crippen LogP contribution in [0, 0.1) is 0 Å². The Balaban J connectivity index is 2.54. The van der Waals surface area contributed by atoms with Crippen LogP contribution in [0.15, 0.2) is 18.5 Å². The van der Waals surface area contributed by atoms with Gasteiger partial charge < -0.3 is 4.57 Å². The van der Waals surface area contributed by atoms with Crippen LogP contribution in [0.25, 0.3) is 0 Å². The van der Waals surface area contributed by atoms with E-state index >= 15 is 0 Å². The molecule has 1 nitrogen and oxygen atoms in total. The lowest BCUT2D eigenvalue weighted by molar-refractivity contribution is 0.368. The van der Waals surface area contributed by atoms with Crippen LogP contribution in [0.4, 0.5) is 0 Å². The summed E-state index contributed by atoms with van der Waals surface area (Å²) in [5.41, 5.74) is 1.93. The van der Waals surface area contributed by atoms with Gasteiger partial charge in [0.25, 0.3) is 0 Å². The molecule has 0 radical (unpaired) electrons. The number of nitrogens with zero attached hydrogens (tertiary/aromatic N) is 1. The topological polar surface area (TPSA) is 4.93 Å². The van der Waals surface area contributed by atoms with Crippen molar-refractivity contribution in [3.63, 3.8) is 0 Å². The normalized spacial score (nSPS) is 14.5. The maximum Gasteiger partial charge on any atom is 0.0106 e. The number of hydrogen-bond acceptors (Lipinski definition) is 0. The lowest BCUT2D eigenvalue weighted by Gasteiger charge is -2.29. The zero-order valence-corrected chi connectivity index (χ0v) is 13.5. The van der Waals surface area contributed by atoms with E-state index in [1.807, 2.05) is 0 Å². The smallest absolute Gasteiger partial charge is 0.0106 e. The Kier molecular flexibility index (Phi) is 7.27. The van der Waals surface area contributed by atoms with Crippen molar-refractivity contribution in [2.45, 2.75) is 84.0 Å². The van der Waals surface area contributed by atoms with Gasteiger partial charge in [0.2, 0.25) is 0 Å². The van der Waals surface area contributed by atoms with Crippen molar-refractivity contribution in [1.82, 2.24) is 4.57 Å². The van der Waals surface area contributed by atoms with Crippen LogP contribution >= 0.6 is 0 Å². The number of aromatic nitrogens is 1. The lowest BCUT2D eigenvalue weighted by atomic mass is 9.75. The Morgan fingerprint density at radius 3 is 2.16 bits per heavy atom. The predicted octanol–water partition coefficient (Wildman–Crippen LogP) is 5.83. The molecule has 1 rings (SSSR count). The molecule has 110 valence electrons. The summed E-state index contributed by atoms with van der Waals surface area (Å²) in [7, 11) is 2.13. The summed E-state index contributed by atoms with van der Waals surface area (Å²) < 4.78 is 2.19. The van der Waals surface area contributed by atoms with Crippen LogP contribution in [0.3, 0.4) is 0 Å². The molecule has 0 aliphatic heterocycles. The molecular formula is C18H33N. The molecule has 1 aromatic rings. The fourth-order valence-corrected chi connectivity index (χ4v) is 2.96. The molecule has 0 amide bonds. The summed E-state index contributed by atoms with van der Waals surface area (Å²) in [6.45, 7) is 7.06. The first kappa shape index (κ1) is 16.3. The van der Waals surface area contributed by atoms with Crippen molar-refractivity contribution in [2.75, 3.05) is 0 Å². The molecule has 1 aromatic heterocycles. The third kappa shape index (κ3) is 5.42. The van der Waals surface area contributed by atoms with Crippen LogP contribution in [0.2, 0.25) is 0 Å². The van der Waals surface area contributed by atoms with Gasteiger partial charge in [-0.15, -0.1) is 0 Å². The summed E-state index contributed by atoms with van der Waals surface area (Å²) >= 11 is 0. The van der Waals surface area contributed by atoms with E-state index in [2.05, 4.69) is 50.8 Å². The highest BCUT2D eigenvalue weighted by Crippen LogP contribution is 2.35. The van der Waals surface area contributed by atoms with Crippen molar-refractivity contribution in [2.24, 2.45) is 7.05 Å². The first-order valence-electron chi connectivity index (χ1n) is 8.25. The summed E-state index contributed by atoms with van der Waals surface area (Å²) in [6, 6.07) is 2.32. The van der Waals surface area contributed by atoms with E-state index in [-0.39, 0.29) is 0 Å². The van der Waals surface area contributed by atoms with E-state index in [1.54, 1.807) is 5.56 Å². The van der Waals surface area contributed by atoms with Gasteiger partial charge in [0, 0.05) is 19.4 Å². The number of rotatable bonds is 10. The van der Waals surface area contributed by atoms with E-state index in [0.29, 0.717) is 5.41 Å². The summed E-state index contributed by atoms with van der Waals surface area (Å²) in [5, 5.41) is 0. The number of aryl methyl sites for hydroxylation is 1. The van der Waals surface area contributed by atoms with Crippen LogP contribution in [-0.2, 0) is 12.5 Å². The van der Waals surface area contributed by atoms with Crippen LogP contribution in [0.1, 0.15) is 84.1 Å². The maximum atomic E-state index is 2.47. The zero-order valence-electron chi connectivity index (χ0n) is 13.5. The molecule has 1 unspecified atom stereocenters. The second kappa shape index (κ2) is 8.45. The molecule has 0 spiro atoms. The molecule has 0 N–H and O–H groups in total. The quantitative estimate of drug-likeness (QED) is 0.468. The molecule has 1 heterocycles. The molecule has 0 saturated heterocycles. The minimum absolute atomic E-state index is 0.392. The molecule has 0 aliphatic rings. The summed E-state index contributed by atoms with van der Waals surface area (Å²) in [6.07, 6.45) is 16.8. The van der Waals surface area contributed by atoms with Crippen molar-refractivity contribution in [1.29, 1.82) is 0 Å². The van der Waals surface area contributed by atoms with Crippen LogP contribution in [0.5, 0.6) is 0 Å². The molecule has 0 aliphatic carbocycles. The number of unbranched alkanes of at least 4 members (excludes halogenated alkanes) is 5. The SMILES string of the molecule is CCCCCCCC(C)(CCCC)c1ccn(C)c1. The molecule has 0 bridgehead atoms. The zero-order chi connectivity index (χ0) is 14.1. The minimum atomic E-state index is 0.392. The fraction of sp³-hybridized carbons (Fsp3) is 0.778. The van der Waals surface area contributed by atoms with Gasteiger partial charge in [-0.3, -0.25) is 0 Å². The van der Waals surface area contributed by atoms with Crippen LogP contribution < -0.4 is 0 Å². The number of hydrogen-bond donors (Lipinski definition) is 0. The highest BCUT2D eigenvalue weighted by Gasteiger charge is 2.26. The largest absolute Gasteiger partial charge is 0.357 e. The Hall–Kier alpha value is -0.720. The van der Waals surface area contributed by atoms with E-state index < -0.39 is 0 Å². The lowest BCUT2D eigenvalue weighted by Crippen LogP contribution is -2.21. The van der Waals surface area contributed by atoms with Crippen molar-refractivity contribution in [3.8, 4) is 0 Å². The van der Waals surface area contributed by atoms with Crippen LogP contribution in [-0.4, -0.2) is 4.57 Å². The minimum Gasteiger partial charge on any atom is -0.357 e. The maximum absolute atomic E-state index is 2.47. The Bertz CT molecular complexity index is 339. The van der Waals surface area contributed by atoms with Gasteiger partial charge in [0.05, 0.1) is 0 Å². The third-order valence-corrected chi connectivity index (χ3v) is 4.44. The van der Waals surface area contributed by atoms with E-state index in [4.69, 9.17) is 0 Å². The molecule has 1 heteroatoms. The van der Waals surface area contributed by atoms with Gasteiger partial charge in [-0.05, 0) is 29.9 Å². The molecule has 0 fully saturated rings. The predicted molar refractivity (Wildman–Crippen MR) is 85.7 cm³/mol. The third-order valence-electron chi connectivity index (χ3n) is 4.44. The van der Waals surface area contributed by atoms with Gasteiger partial charge in [0.15, 0.2) is 0 Å². The fourth-order valence-electron chi connectivity index (χ4n) is 2.96. The second-order valence-corrected chi connectivity index (χ2v) is 6.39. The molecule has 19 heavy (non-hydrogen) atoms. The van der Waals surface area contributed by atoms with Gasteiger partial charge in [-0.2, -0.15) is 0 Å². The average molecular weight is 263 g/mol. The van der Waals surface area contributed by atoms with Gasteiger partial charge >= 0.3 is 0 Å². The second-order valence-electron chi connectivity index (χ2n) is 6.39. The van der Waals surface area contributed by atoms with E-state index in [0.717, 1.165) is 0 Å². The molecule has 0 aromatic carbocycles. The summed E-state index contributed by atoms with van der Waals surface area (Å²) in [4.78, 5) is 0. The molecule has 0 saturated carbocycles. The Labute approximate surface area is 120 Å².